The highest BCUT2D eigenvalue weighted by atomic mass is 35.5. The number of piperidine rings is 1. The molecule has 1 aliphatic rings. The van der Waals surface area contributed by atoms with Crippen LogP contribution in [0.2, 0.25) is 5.02 Å². The number of rotatable bonds is 5. The fourth-order valence-electron chi connectivity index (χ4n) is 2.64. The van der Waals surface area contributed by atoms with E-state index in [1.807, 2.05) is 29.2 Å². The smallest absolute Gasteiger partial charge is 0.233 e. The molecule has 3 rings (SSSR count). The minimum absolute atomic E-state index is 0.186. The van der Waals surface area contributed by atoms with Crippen LogP contribution in [0.25, 0.3) is 0 Å². The molecule has 0 saturated carbocycles. The number of carbonyl (C=O) groups excluding carboxylic acids is 1. The lowest BCUT2D eigenvalue weighted by molar-refractivity contribution is -0.130. The normalized spacial score (nSPS) is 17.8. The Morgan fingerprint density at radius 2 is 2.38 bits per heavy atom. The topological polar surface area (TPSA) is 58.1 Å². The predicted molar refractivity (Wildman–Crippen MR) is 100 cm³/mol. The van der Waals surface area contributed by atoms with Gasteiger partial charge in [0.05, 0.1) is 5.75 Å². The molecule has 24 heavy (non-hydrogen) atoms. The van der Waals surface area contributed by atoms with Gasteiger partial charge in [-0.1, -0.05) is 47.7 Å². The van der Waals surface area contributed by atoms with Crippen LogP contribution in [0.5, 0.6) is 0 Å². The Morgan fingerprint density at radius 1 is 1.50 bits per heavy atom. The maximum absolute atomic E-state index is 12.3. The summed E-state index contributed by atoms with van der Waals surface area (Å²) in [4.78, 5) is 14.2. The molecule has 1 fully saturated rings. The molecule has 1 atom stereocenters. The van der Waals surface area contributed by atoms with Gasteiger partial charge >= 0.3 is 0 Å². The number of anilines is 2. The zero-order valence-electron chi connectivity index (χ0n) is 13.4. The van der Waals surface area contributed by atoms with Gasteiger partial charge < -0.3 is 10.2 Å². The fourth-order valence-corrected chi connectivity index (χ4v) is 4.50. The number of amides is 1. The Labute approximate surface area is 154 Å². The highest BCUT2D eigenvalue weighted by Gasteiger charge is 2.21. The third kappa shape index (κ3) is 4.84. The van der Waals surface area contributed by atoms with Crippen molar-refractivity contribution in [1.29, 1.82) is 0 Å². The maximum atomic E-state index is 12.3. The van der Waals surface area contributed by atoms with Crippen molar-refractivity contribution in [2.75, 3.05) is 24.2 Å². The average molecular weight is 383 g/mol. The summed E-state index contributed by atoms with van der Waals surface area (Å²) in [6, 6.07) is 7.44. The minimum atomic E-state index is 0.186. The second-order valence-electron chi connectivity index (χ2n) is 5.88. The Hall–Kier alpha value is -1.31. The molecule has 1 N–H and O–H groups in total. The number of thioether (sulfide) groups is 1. The summed E-state index contributed by atoms with van der Waals surface area (Å²) in [6.45, 7) is 3.95. The first-order chi connectivity index (χ1) is 11.6. The van der Waals surface area contributed by atoms with Crippen molar-refractivity contribution in [1.82, 2.24) is 15.1 Å². The third-order valence-corrected chi connectivity index (χ3v) is 6.00. The first-order valence-electron chi connectivity index (χ1n) is 7.87. The zero-order chi connectivity index (χ0) is 16.9. The summed E-state index contributed by atoms with van der Waals surface area (Å²) in [5.74, 6) is 1.20. The van der Waals surface area contributed by atoms with E-state index in [1.54, 1.807) is 0 Å². The number of benzene rings is 1. The number of hydrogen-bond acceptors (Lipinski definition) is 6. The molecule has 1 amide bonds. The van der Waals surface area contributed by atoms with Crippen LogP contribution < -0.4 is 5.32 Å². The van der Waals surface area contributed by atoms with Crippen LogP contribution in [0.15, 0.2) is 28.6 Å². The van der Waals surface area contributed by atoms with Gasteiger partial charge in [0, 0.05) is 23.8 Å². The third-order valence-electron chi connectivity index (χ3n) is 3.81. The van der Waals surface area contributed by atoms with E-state index in [-0.39, 0.29) is 5.91 Å². The van der Waals surface area contributed by atoms with Crippen molar-refractivity contribution in [3.05, 3.63) is 29.3 Å². The van der Waals surface area contributed by atoms with E-state index in [9.17, 15) is 4.79 Å². The summed E-state index contributed by atoms with van der Waals surface area (Å²) in [6.07, 6.45) is 2.32. The Kier molecular flexibility index (Phi) is 5.97. The largest absolute Gasteiger partial charge is 0.342 e. The maximum Gasteiger partial charge on any atom is 0.233 e. The van der Waals surface area contributed by atoms with Crippen molar-refractivity contribution in [3.8, 4) is 0 Å². The van der Waals surface area contributed by atoms with Crippen LogP contribution >= 0.6 is 34.7 Å². The Morgan fingerprint density at radius 3 is 3.17 bits per heavy atom. The van der Waals surface area contributed by atoms with Crippen molar-refractivity contribution in [2.24, 2.45) is 5.92 Å². The zero-order valence-corrected chi connectivity index (χ0v) is 15.8. The number of hydrogen-bond donors (Lipinski definition) is 1. The van der Waals surface area contributed by atoms with E-state index in [0.717, 1.165) is 29.5 Å². The van der Waals surface area contributed by atoms with E-state index < -0.39 is 0 Å². The highest BCUT2D eigenvalue weighted by Crippen LogP contribution is 2.29. The van der Waals surface area contributed by atoms with Crippen molar-refractivity contribution >= 4 is 51.4 Å². The van der Waals surface area contributed by atoms with Gasteiger partial charge in [-0.15, -0.1) is 10.2 Å². The second-order valence-corrected chi connectivity index (χ2v) is 8.52. The summed E-state index contributed by atoms with van der Waals surface area (Å²) in [5, 5.41) is 12.8. The molecule has 2 heterocycles. The molecule has 0 aliphatic carbocycles. The molecule has 1 aromatic heterocycles. The minimum Gasteiger partial charge on any atom is -0.342 e. The molecule has 1 aromatic carbocycles. The van der Waals surface area contributed by atoms with Gasteiger partial charge in [-0.05, 0) is 37.0 Å². The SMILES string of the molecule is C[C@@H]1CCCN(C(=O)CSc2nnc(Nc3cccc(Cl)c3)s2)C1. The Bertz CT molecular complexity index is 709. The molecular weight excluding hydrogens is 364 g/mol. The van der Waals surface area contributed by atoms with Gasteiger partial charge in [-0.3, -0.25) is 4.79 Å². The lowest BCUT2D eigenvalue weighted by Crippen LogP contribution is -2.40. The van der Waals surface area contributed by atoms with Crippen molar-refractivity contribution < 1.29 is 4.79 Å². The molecular formula is C16H19ClN4OS2. The number of nitrogens with one attached hydrogen (secondary N) is 1. The van der Waals surface area contributed by atoms with E-state index in [0.29, 0.717) is 21.8 Å². The summed E-state index contributed by atoms with van der Waals surface area (Å²) < 4.78 is 0.790. The van der Waals surface area contributed by atoms with Gasteiger partial charge in [0.1, 0.15) is 0 Å². The van der Waals surface area contributed by atoms with Gasteiger partial charge in [0.25, 0.3) is 0 Å². The molecule has 1 saturated heterocycles. The summed E-state index contributed by atoms with van der Waals surface area (Å²) in [7, 11) is 0. The van der Waals surface area contributed by atoms with E-state index in [4.69, 9.17) is 11.6 Å². The van der Waals surface area contributed by atoms with Crippen LogP contribution in [-0.4, -0.2) is 39.8 Å². The van der Waals surface area contributed by atoms with Gasteiger partial charge in [-0.2, -0.15) is 0 Å². The van der Waals surface area contributed by atoms with Gasteiger partial charge in [-0.25, -0.2) is 0 Å². The van der Waals surface area contributed by atoms with Gasteiger partial charge in [0.15, 0.2) is 4.34 Å². The quantitative estimate of drug-likeness (QED) is 0.782. The molecule has 8 heteroatoms. The standard InChI is InChI=1S/C16H19ClN4OS2/c1-11-4-3-7-21(9-11)14(22)10-23-16-20-19-15(24-16)18-13-6-2-5-12(17)8-13/h2,5-6,8,11H,3-4,7,9-10H2,1H3,(H,18,19)/t11-/m1/s1. The first-order valence-corrected chi connectivity index (χ1v) is 10.0. The van der Waals surface area contributed by atoms with E-state index in [2.05, 4.69) is 22.4 Å². The van der Waals surface area contributed by atoms with Crippen LogP contribution in [0.1, 0.15) is 19.8 Å². The molecule has 2 aromatic rings. The fraction of sp³-hybridized carbons (Fsp3) is 0.438. The van der Waals surface area contributed by atoms with E-state index >= 15 is 0 Å². The molecule has 1 aliphatic heterocycles. The summed E-state index contributed by atoms with van der Waals surface area (Å²) in [5.41, 5.74) is 0.869. The molecule has 0 unspecified atom stereocenters. The second kappa shape index (κ2) is 8.18. The number of nitrogens with zero attached hydrogens (tertiary/aromatic N) is 3. The van der Waals surface area contributed by atoms with Crippen LogP contribution in [-0.2, 0) is 4.79 Å². The number of halogens is 1. The Balaban J connectivity index is 1.51. The van der Waals surface area contributed by atoms with Gasteiger partial charge in [0.2, 0.25) is 11.0 Å². The lowest BCUT2D eigenvalue weighted by Gasteiger charge is -2.30. The van der Waals surface area contributed by atoms with Crippen LogP contribution in [0, 0.1) is 5.92 Å². The monoisotopic (exact) mass is 382 g/mol. The first kappa shape index (κ1) is 17.5. The number of carbonyl (C=O) groups is 1. The van der Waals surface area contributed by atoms with Crippen LogP contribution in [0.4, 0.5) is 10.8 Å². The molecule has 0 bridgehead atoms. The van der Waals surface area contributed by atoms with Crippen molar-refractivity contribution in [3.63, 3.8) is 0 Å². The number of aromatic nitrogens is 2. The molecule has 0 spiro atoms. The lowest BCUT2D eigenvalue weighted by atomic mass is 10.0. The number of likely N-dealkylation sites (tertiary alicyclic amines) is 1. The molecule has 128 valence electrons. The predicted octanol–water partition coefficient (Wildman–Crippen LogP) is 4.29. The summed E-state index contributed by atoms with van der Waals surface area (Å²) >= 11 is 8.85. The van der Waals surface area contributed by atoms with E-state index in [1.165, 1.54) is 29.5 Å². The molecule has 5 nitrogen and oxygen atoms in total. The average Bonchev–Trinajstić information content (AvgIpc) is 3.00. The molecule has 0 radical (unpaired) electrons. The highest BCUT2D eigenvalue weighted by molar-refractivity contribution is 8.01. The van der Waals surface area contributed by atoms with Crippen molar-refractivity contribution in [2.45, 2.75) is 24.1 Å². The van der Waals surface area contributed by atoms with Crippen LogP contribution in [0.3, 0.4) is 0 Å².